The maximum atomic E-state index is 9.22. The highest BCUT2D eigenvalue weighted by Gasteiger charge is 2.22. The predicted molar refractivity (Wildman–Crippen MR) is 87.3 cm³/mol. The van der Waals surface area contributed by atoms with E-state index in [0.717, 1.165) is 35.7 Å². The summed E-state index contributed by atoms with van der Waals surface area (Å²) in [6.07, 6.45) is 8.70. The first-order valence-corrected chi connectivity index (χ1v) is 9.06. The van der Waals surface area contributed by atoms with Crippen LogP contribution in [0, 0.1) is 5.92 Å². The number of fused-ring (bicyclic) bond motifs is 1. The first kappa shape index (κ1) is 14.4. The molecule has 108 valence electrons. The molecular weight excluding hydrogens is 336 g/mol. The van der Waals surface area contributed by atoms with Crippen molar-refractivity contribution < 1.29 is 5.11 Å². The predicted octanol–water partition coefficient (Wildman–Crippen LogP) is 4.24. The molecule has 0 spiro atoms. The molecule has 0 saturated heterocycles. The minimum atomic E-state index is 0.331. The molecule has 0 bridgehead atoms. The maximum absolute atomic E-state index is 9.22. The Bertz CT molecular complexity index is 605. The van der Waals surface area contributed by atoms with Crippen molar-refractivity contribution in [3.63, 3.8) is 0 Å². The smallest absolute Gasteiger partial charge is 0.0935 e. The number of rotatable bonds is 3. The lowest BCUT2D eigenvalue weighted by atomic mass is 9.87. The topological polar surface area (TPSA) is 38.0 Å². The summed E-state index contributed by atoms with van der Waals surface area (Å²) in [4.78, 5) is 1.23. The van der Waals surface area contributed by atoms with Crippen LogP contribution in [-0.2, 0) is 0 Å². The van der Waals surface area contributed by atoms with Crippen molar-refractivity contribution in [2.45, 2.75) is 36.6 Å². The second-order valence-electron chi connectivity index (χ2n) is 5.51. The third-order valence-corrected chi connectivity index (χ3v) is 5.94. The van der Waals surface area contributed by atoms with Crippen LogP contribution in [0.25, 0.3) is 10.9 Å². The van der Waals surface area contributed by atoms with E-state index in [9.17, 15) is 5.11 Å². The van der Waals surface area contributed by atoms with Crippen LogP contribution in [0.15, 0.2) is 27.7 Å². The molecule has 3 rings (SSSR count). The summed E-state index contributed by atoms with van der Waals surface area (Å²) in [7, 11) is 0. The van der Waals surface area contributed by atoms with Crippen molar-refractivity contribution in [2.75, 3.05) is 12.9 Å². The third kappa shape index (κ3) is 2.76. The quantitative estimate of drug-likeness (QED) is 0.837. The van der Waals surface area contributed by atoms with Gasteiger partial charge in [-0.2, -0.15) is 5.10 Å². The molecule has 1 saturated carbocycles. The maximum Gasteiger partial charge on any atom is 0.0935 e. The highest BCUT2D eigenvalue weighted by atomic mass is 79.9. The molecule has 0 unspecified atom stereocenters. The Balaban J connectivity index is 1.86. The summed E-state index contributed by atoms with van der Waals surface area (Å²) < 4.78 is 3.27. The van der Waals surface area contributed by atoms with Crippen LogP contribution in [0.4, 0.5) is 0 Å². The second-order valence-corrected chi connectivity index (χ2v) is 7.21. The molecule has 1 aromatic carbocycles. The van der Waals surface area contributed by atoms with Gasteiger partial charge in [-0.1, -0.05) is 0 Å². The molecule has 0 aliphatic heterocycles. The Kier molecular flexibility index (Phi) is 4.38. The Hall–Kier alpha value is -0.520. The van der Waals surface area contributed by atoms with Gasteiger partial charge in [-0.3, -0.25) is 4.68 Å². The number of benzene rings is 1. The lowest BCUT2D eigenvalue weighted by molar-refractivity contribution is 0.165. The number of hydrogen-bond acceptors (Lipinski definition) is 3. The van der Waals surface area contributed by atoms with E-state index >= 15 is 0 Å². The molecule has 0 atom stereocenters. The monoisotopic (exact) mass is 354 g/mol. The molecule has 2 aromatic rings. The molecule has 1 aromatic heterocycles. The molecule has 0 radical (unpaired) electrons. The largest absolute Gasteiger partial charge is 0.396 e. The van der Waals surface area contributed by atoms with E-state index in [0.29, 0.717) is 18.6 Å². The zero-order valence-corrected chi connectivity index (χ0v) is 14.0. The van der Waals surface area contributed by atoms with Crippen LogP contribution < -0.4 is 0 Å². The van der Waals surface area contributed by atoms with Gasteiger partial charge in [-0.15, -0.1) is 11.8 Å². The van der Waals surface area contributed by atoms with Crippen LogP contribution in [0.2, 0.25) is 0 Å². The molecule has 5 heteroatoms. The van der Waals surface area contributed by atoms with Gasteiger partial charge in [0.2, 0.25) is 0 Å². The van der Waals surface area contributed by atoms with E-state index in [1.807, 2.05) is 0 Å². The summed E-state index contributed by atoms with van der Waals surface area (Å²) in [6, 6.07) is 4.80. The highest BCUT2D eigenvalue weighted by Crippen LogP contribution is 2.34. The number of aliphatic hydroxyl groups excluding tert-OH is 1. The lowest BCUT2D eigenvalue weighted by Gasteiger charge is -2.27. The van der Waals surface area contributed by atoms with Gasteiger partial charge in [0.05, 0.1) is 11.6 Å². The fourth-order valence-corrected chi connectivity index (χ4v) is 4.31. The summed E-state index contributed by atoms with van der Waals surface area (Å²) in [5.74, 6) is 0.494. The normalized spacial score (nSPS) is 23.4. The van der Waals surface area contributed by atoms with Gasteiger partial charge in [0, 0.05) is 27.6 Å². The van der Waals surface area contributed by atoms with Crippen LogP contribution in [0.1, 0.15) is 31.7 Å². The fourth-order valence-electron chi connectivity index (χ4n) is 2.98. The van der Waals surface area contributed by atoms with Crippen LogP contribution >= 0.6 is 27.7 Å². The number of hydrogen-bond donors (Lipinski definition) is 1. The Morgan fingerprint density at radius 2 is 2.10 bits per heavy atom. The number of aromatic nitrogens is 2. The summed E-state index contributed by atoms with van der Waals surface area (Å²) in [5.41, 5.74) is 1.07. The van der Waals surface area contributed by atoms with Crippen molar-refractivity contribution in [1.29, 1.82) is 0 Å². The first-order chi connectivity index (χ1) is 9.71. The zero-order chi connectivity index (χ0) is 14.1. The summed E-state index contributed by atoms with van der Waals surface area (Å²) in [6.45, 7) is 0.331. The van der Waals surface area contributed by atoms with Gasteiger partial charge in [0.15, 0.2) is 0 Å². The Labute approximate surface area is 131 Å². The fraction of sp³-hybridized carbons (Fsp3) is 0.533. The van der Waals surface area contributed by atoms with Crippen molar-refractivity contribution in [2.24, 2.45) is 5.92 Å². The van der Waals surface area contributed by atoms with Crippen molar-refractivity contribution in [3.8, 4) is 0 Å². The van der Waals surface area contributed by atoms with E-state index in [-0.39, 0.29) is 0 Å². The van der Waals surface area contributed by atoms with E-state index in [1.165, 1.54) is 10.3 Å². The minimum Gasteiger partial charge on any atom is -0.396 e. The number of aliphatic hydroxyl groups is 1. The molecule has 3 nitrogen and oxygen atoms in total. The van der Waals surface area contributed by atoms with Crippen LogP contribution in [0.5, 0.6) is 0 Å². The van der Waals surface area contributed by atoms with Gasteiger partial charge >= 0.3 is 0 Å². The molecule has 1 aliphatic carbocycles. The highest BCUT2D eigenvalue weighted by molar-refractivity contribution is 9.10. The van der Waals surface area contributed by atoms with Crippen molar-refractivity contribution in [1.82, 2.24) is 9.78 Å². The number of halogens is 1. The SMILES string of the molecule is CSc1cc2nn([C@H]3CC[C@H](CO)CC3)cc2cc1Br. The molecule has 1 aliphatic rings. The molecular formula is C15H19BrN2OS. The summed E-state index contributed by atoms with van der Waals surface area (Å²) >= 11 is 5.35. The van der Waals surface area contributed by atoms with Gasteiger partial charge < -0.3 is 5.11 Å². The second kappa shape index (κ2) is 6.08. The average molecular weight is 355 g/mol. The van der Waals surface area contributed by atoms with E-state index in [4.69, 9.17) is 5.10 Å². The van der Waals surface area contributed by atoms with Gasteiger partial charge in [0.25, 0.3) is 0 Å². The van der Waals surface area contributed by atoms with Crippen LogP contribution in [-0.4, -0.2) is 27.7 Å². The van der Waals surface area contributed by atoms with Gasteiger partial charge in [-0.25, -0.2) is 0 Å². The molecule has 1 heterocycles. The zero-order valence-electron chi connectivity index (χ0n) is 11.6. The number of thioether (sulfide) groups is 1. The third-order valence-electron chi connectivity index (χ3n) is 4.24. The molecule has 20 heavy (non-hydrogen) atoms. The van der Waals surface area contributed by atoms with Crippen molar-refractivity contribution in [3.05, 3.63) is 22.8 Å². The molecule has 1 N–H and O–H groups in total. The minimum absolute atomic E-state index is 0.331. The Morgan fingerprint density at radius 3 is 2.75 bits per heavy atom. The lowest BCUT2D eigenvalue weighted by Crippen LogP contribution is -2.20. The molecule has 0 amide bonds. The van der Waals surface area contributed by atoms with Gasteiger partial charge in [0.1, 0.15) is 0 Å². The van der Waals surface area contributed by atoms with Crippen molar-refractivity contribution >= 4 is 38.6 Å². The molecule has 1 fully saturated rings. The summed E-state index contributed by atoms with van der Waals surface area (Å²) in [5, 5.41) is 15.2. The number of nitrogens with zero attached hydrogens (tertiary/aromatic N) is 2. The standard InChI is InChI=1S/C15H19BrN2OS/c1-20-15-7-14-11(6-13(15)16)8-18(17-14)12-4-2-10(9-19)3-5-12/h6-8,10,12,19H,2-5,9H2,1H3/t10-,12-. The first-order valence-electron chi connectivity index (χ1n) is 7.04. The van der Waals surface area contributed by atoms with E-state index in [2.05, 4.69) is 45.2 Å². The van der Waals surface area contributed by atoms with E-state index in [1.54, 1.807) is 11.8 Å². The van der Waals surface area contributed by atoms with Gasteiger partial charge in [-0.05, 0) is 65.9 Å². The Morgan fingerprint density at radius 1 is 1.35 bits per heavy atom. The average Bonchev–Trinajstić information content (AvgIpc) is 2.89. The van der Waals surface area contributed by atoms with E-state index < -0.39 is 0 Å². The van der Waals surface area contributed by atoms with Crippen LogP contribution in [0.3, 0.4) is 0 Å².